The van der Waals surface area contributed by atoms with E-state index in [1.165, 1.54) is 57.1 Å². The number of nitrogens with zero attached hydrogens (tertiary/aromatic N) is 3. The third kappa shape index (κ3) is 3.30. The highest BCUT2D eigenvalue weighted by Gasteiger charge is 2.41. The Morgan fingerprint density at radius 1 is 1.12 bits per heavy atom. The predicted octanol–water partition coefficient (Wildman–Crippen LogP) is 5.03. The van der Waals surface area contributed by atoms with Gasteiger partial charge in [0.05, 0.1) is 0 Å². The van der Waals surface area contributed by atoms with E-state index < -0.39 is 0 Å². The fourth-order valence-corrected chi connectivity index (χ4v) is 5.42. The van der Waals surface area contributed by atoms with Crippen molar-refractivity contribution in [1.82, 2.24) is 5.01 Å². The highest BCUT2D eigenvalue weighted by atomic mass is 15.4. The molecule has 1 aliphatic heterocycles. The Morgan fingerprint density at radius 3 is 2.72 bits per heavy atom. The summed E-state index contributed by atoms with van der Waals surface area (Å²) in [6, 6.07) is 10.5. The Hall–Kier alpha value is -1.51. The molecule has 3 unspecified atom stereocenters. The second-order valence-electron chi connectivity index (χ2n) is 8.22. The lowest BCUT2D eigenvalue weighted by Gasteiger charge is -2.36. The van der Waals surface area contributed by atoms with Crippen molar-refractivity contribution in [3.63, 3.8) is 0 Å². The van der Waals surface area contributed by atoms with Crippen LogP contribution < -0.4 is 4.90 Å². The fourth-order valence-electron chi connectivity index (χ4n) is 5.42. The molecular formula is C22H33N3. The van der Waals surface area contributed by atoms with Crippen molar-refractivity contribution in [1.29, 1.82) is 0 Å². The van der Waals surface area contributed by atoms with Crippen molar-refractivity contribution in [3.8, 4) is 0 Å². The van der Waals surface area contributed by atoms with Crippen LogP contribution in [0.25, 0.3) is 0 Å². The van der Waals surface area contributed by atoms with Gasteiger partial charge in [-0.05, 0) is 56.6 Å². The van der Waals surface area contributed by atoms with Gasteiger partial charge in [-0.15, -0.1) is 0 Å². The molecule has 4 rings (SSSR count). The molecule has 0 radical (unpaired) electrons. The van der Waals surface area contributed by atoms with Gasteiger partial charge in [-0.2, -0.15) is 5.10 Å². The lowest BCUT2D eigenvalue weighted by molar-refractivity contribution is 0.198. The minimum absolute atomic E-state index is 0.636. The molecule has 2 fully saturated rings. The van der Waals surface area contributed by atoms with Crippen LogP contribution in [0.2, 0.25) is 0 Å². The van der Waals surface area contributed by atoms with Crippen LogP contribution in [0.1, 0.15) is 69.8 Å². The quantitative estimate of drug-likeness (QED) is 0.566. The van der Waals surface area contributed by atoms with Crippen molar-refractivity contribution in [2.75, 3.05) is 18.5 Å². The van der Waals surface area contributed by atoms with E-state index in [-0.39, 0.29) is 0 Å². The van der Waals surface area contributed by atoms with E-state index in [0.29, 0.717) is 23.9 Å². The van der Waals surface area contributed by atoms with Crippen LogP contribution in [0.3, 0.4) is 0 Å². The summed E-state index contributed by atoms with van der Waals surface area (Å²) in [6.07, 6.45) is 12.9. The van der Waals surface area contributed by atoms with E-state index in [1.54, 1.807) is 5.56 Å². The maximum absolute atomic E-state index is 4.88. The largest absolute Gasteiger partial charge is 0.368 e. The Morgan fingerprint density at radius 2 is 1.92 bits per heavy atom. The van der Waals surface area contributed by atoms with Crippen LogP contribution in [-0.4, -0.2) is 36.9 Å². The maximum atomic E-state index is 4.88. The van der Waals surface area contributed by atoms with Crippen LogP contribution in [0.4, 0.5) is 5.69 Å². The summed E-state index contributed by atoms with van der Waals surface area (Å²) in [5.74, 6) is 1.33. The number of para-hydroxylation sites is 1. The normalized spacial score (nSPS) is 29.7. The summed E-state index contributed by atoms with van der Waals surface area (Å²) in [5.41, 5.74) is 3.06. The van der Waals surface area contributed by atoms with E-state index >= 15 is 0 Å². The van der Waals surface area contributed by atoms with Crippen molar-refractivity contribution in [3.05, 3.63) is 29.8 Å². The summed E-state index contributed by atoms with van der Waals surface area (Å²) in [7, 11) is 2.18. The van der Waals surface area contributed by atoms with Crippen LogP contribution in [0.15, 0.2) is 29.4 Å². The standard InChI is InChI=1S/C22H33N3/c1-3-25-21-12-8-7-11-19(21)20-15-17(13-14-22(20)25)16-23-24(2)18-9-5-4-6-10-18/h7-8,11-12,16-18,20,22H,3-6,9-10,13-15H2,1-2H3/b23-16+. The third-order valence-electron chi connectivity index (χ3n) is 6.80. The van der Waals surface area contributed by atoms with Gasteiger partial charge in [0.25, 0.3) is 0 Å². The van der Waals surface area contributed by atoms with Gasteiger partial charge < -0.3 is 4.90 Å². The molecular weight excluding hydrogens is 306 g/mol. The Balaban J connectivity index is 1.43. The summed E-state index contributed by atoms with van der Waals surface area (Å²) >= 11 is 0. The highest BCUT2D eigenvalue weighted by molar-refractivity contribution is 5.65. The van der Waals surface area contributed by atoms with E-state index in [1.807, 2.05) is 0 Å². The van der Waals surface area contributed by atoms with Crippen molar-refractivity contribution in [2.45, 2.75) is 76.3 Å². The Labute approximate surface area is 153 Å². The minimum atomic E-state index is 0.636. The number of rotatable bonds is 4. The molecule has 0 saturated heterocycles. The van der Waals surface area contributed by atoms with Crippen LogP contribution in [0, 0.1) is 5.92 Å². The first-order valence-corrected chi connectivity index (χ1v) is 10.4. The Bertz CT molecular complexity index is 605. The van der Waals surface area contributed by atoms with Gasteiger partial charge in [-0.25, -0.2) is 0 Å². The molecule has 0 aromatic heterocycles. The zero-order valence-corrected chi connectivity index (χ0v) is 15.9. The molecule has 0 N–H and O–H groups in total. The minimum Gasteiger partial charge on any atom is -0.368 e. The van der Waals surface area contributed by atoms with E-state index in [9.17, 15) is 0 Å². The monoisotopic (exact) mass is 339 g/mol. The zero-order valence-electron chi connectivity index (χ0n) is 15.9. The molecule has 25 heavy (non-hydrogen) atoms. The molecule has 0 bridgehead atoms. The van der Waals surface area contributed by atoms with E-state index in [0.717, 1.165) is 6.54 Å². The first kappa shape index (κ1) is 16.9. The molecule has 136 valence electrons. The molecule has 3 atom stereocenters. The summed E-state index contributed by atoms with van der Waals surface area (Å²) in [5, 5.41) is 7.13. The number of likely N-dealkylation sites (N-methyl/N-ethyl adjacent to an activating group) is 1. The molecule has 2 saturated carbocycles. The first-order chi connectivity index (χ1) is 12.3. The van der Waals surface area contributed by atoms with Gasteiger partial charge in [0.1, 0.15) is 0 Å². The van der Waals surface area contributed by atoms with Gasteiger partial charge in [-0.3, -0.25) is 5.01 Å². The van der Waals surface area contributed by atoms with Gasteiger partial charge in [0.2, 0.25) is 0 Å². The number of benzene rings is 1. The lowest BCUT2D eigenvalue weighted by atomic mass is 9.77. The molecule has 1 aromatic carbocycles. The lowest BCUT2D eigenvalue weighted by Crippen LogP contribution is -2.38. The fraction of sp³-hybridized carbons (Fsp3) is 0.682. The summed E-state index contributed by atoms with van der Waals surface area (Å²) in [4.78, 5) is 2.64. The van der Waals surface area contributed by atoms with Crippen LogP contribution in [-0.2, 0) is 0 Å². The number of hydrogen-bond acceptors (Lipinski definition) is 3. The molecule has 0 amide bonds. The smallest absolute Gasteiger partial charge is 0.0467 e. The van der Waals surface area contributed by atoms with E-state index in [2.05, 4.69) is 54.4 Å². The van der Waals surface area contributed by atoms with E-state index in [4.69, 9.17) is 5.10 Å². The molecule has 1 heterocycles. The molecule has 3 nitrogen and oxygen atoms in total. The average molecular weight is 340 g/mol. The number of hydrogen-bond donors (Lipinski definition) is 0. The van der Waals surface area contributed by atoms with Gasteiger partial charge in [-0.1, -0.05) is 37.5 Å². The number of anilines is 1. The SMILES string of the molecule is CCN1c2ccccc2C2CC(/C=N/N(C)C3CCCCC3)CCC21. The molecule has 2 aliphatic carbocycles. The molecule has 3 heteroatoms. The Kier molecular flexibility index (Phi) is 5.00. The van der Waals surface area contributed by atoms with Gasteiger partial charge >= 0.3 is 0 Å². The van der Waals surface area contributed by atoms with Crippen LogP contribution in [0.5, 0.6) is 0 Å². The van der Waals surface area contributed by atoms with Crippen molar-refractivity contribution in [2.24, 2.45) is 11.0 Å². The highest BCUT2D eigenvalue weighted by Crippen LogP contribution is 2.48. The second-order valence-corrected chi connectivity index (χ2v) is 8.22. The number of hydrazone groups is 1. The first-order valence-electron chi connectivity index (χ1n) is 10.4. The third-order valence-corrected chi connectivity index (χ3v) is 6.80. The van der Waals surface area contributed by atoms with Gasteiger partial charge in [0, 0.05) is 43.5 Å². The molecule has 1 aromatic rings. The van der Waals surface area contributed by atoms with Crippen LogP contribution >= 0.6 is 0 Å². The van der Waals surface area contributed by atoms with Crippen molar-refractivity contribution < 1.29 is 0 Å². The second kappa shape index (κ2) is 7.39. The summed E-state index contributed by atoms with van der Waals surface area (Å²) in [6.45, 7) is 3.42. The zero-order chi connectivity index (χ0) is 17.2. The topological polar surface area (TPSA) is 18.8 Å². The summed E-state index contributed by atoms with van der Waals surface area (Å²) < 4.78 is 0. The predicted molar refractivity (Wildman–Crippen MR) is 106 cm³/mol. The van der Waals surface area contributed by atoms with Gasteiger partial charge in [0.15, 0.2) is 0 Å². The molecule has 3 aliphatic rings. The maximum Gasteiger partial charge on any atom is 0.0467 e. The number of fused-ring (bicyclic) bond motifs is 3. The average Bonchev–Trinajstić information content (AvgIpc) is 3.00. The van der Waals surface area contributed by atoms with Crippen molar-refractivity contribution >= 4 is 11.9 Å². The molecule has 0 spiro atoms.